The van der Waals surface area contributed by atoms with Gasteiger partial charge in [0.25, 0.3) is 0 Å². The van der Waals surface area contributed by atoms with Crippen molar-refractivity contribution >= 4 is 5.91 Å². The molecule has 3 aromatic rings. The summed E-state index contributed by atoms with van der Waals surface area (Å²) in [7, 11) is 0. The molecule has 0 bridgehead atoms. The second kappa shape index (κ2) is 10.9. The fraction of sp³-hybridized carbons (Fsp3) is 0.308. The number of aromatic nitrogens is 1. The molecule has 1 aliphatic rings. The van der Waals surface area contributed by atoms with Crippen LogP contribution >= 0.6 is 0 Å². The monoisotopic (exact) mass is 431 g/mol. The predicted molar refractivity (Wildman–Crippen MR) is 125 cm³/mol. The minimum Gasteiger partial charge on any atom is -0.492 e. The summed E-state index contributed by atoms with van der Waals surface area (Å²) in [5.74, 6) is 0.576. The second-order valence-corrected chi connectivity index (χ2v) is 7.88. The highest BCUT2D eigenvalue weighted by molar-refractivity contribution is 5.75. The first-order valence-corrected chi connectivity index (χ1v) is 11.0. The Labute approximate surface area is 189 Å². The van der Waals surface area contributed by atoms with Gasteiger partial charge in [0.1, 0.15) is 12.4 Å². The highest BCUT2D eigenvalue weighted by atomic mass is 16.5. The first-order valence-electron chi connectivity index (χ1n) is 11.0. The molecule has 0 aliphatic carbocycles. The lowest BCUT2D eigenvalue weighted by atomic mass is 9.99. The van der Waals surface area contributed by atoms with Crippen molar-refractivity contribution in [2.24, 2.45) is 5.73 Å². The Morgan fingerprint density at radius 1 is 1.00 bits per heavy atom. The maximum Gasteiger partial charge on any atom is 0.217 e. The van der Waals surface area contributed by atoms with Crippen LogP contribution in [0.4, 0.5) is 0 Å². The normalized spacial score (nSPS) is 14.2. The van der Waals surface area contributed by atoms with Crippen molar-refractivity contribution < 1.29 is 14.3 Å². The zero-order valence-corrected chi connectivity index (χ0v) is 18.2. The number of amides is 1. The third kappa shape index (κ3) is 5.93. The summed E-state index contributed by atoms with van der Waals surface area (Å²) >= 11 is 0. The van der Waals surface area contributed by atoms with Crippen molar-refractivity contribution in [3.05, 3.63) is 72.4 Å². The van der Waals surface area contributed by atoms with Crippen LogP contribution in [-0.2, 0) is 16.0 Å². The molecule has 1 amide bonds. The van der Waals surface area contributed by atoms with E-state index in [9.17, 15) is 4.79 Å². The molecule has 2 N–H and O–H groups in total. The van der Waals surface area contributed by atoms with Crippen LogP contribution in [-0.4, -0.2) is 55.2 Å². The van der Waals surface area contributed by atoms with Gasteiger partial charge in [-0.1, -0.05) is 42.5 Å². The number of rotatable bonds is 9. The van der Waals surface area contributed by atoms with E-state index in [4.69, 9.17) is 15.2 Å². The van der Waals surface area contributed by atoms with Gasteiger partial charge in [0, 0.05) is 43.4 Å². The molecule has 2 aromatic carbocycles. The van der Waals surface area contributed by atoms with Gasteiger partial charge in [0.05, 0.1) is 18.9 Å². The summed E-state index contributed by atoms with van der Waals surface area (Å²) in [5, 5.41) is 0. The van der Waals surface area contributed by atoms with Gasteiger partial charge in [-0.2, -0.15) is 0 Å². The molecule has 0 saturated carbocycles. The molecule has 166 valence electrons. The van der Waals surface area contributed by atoms with Gasteiger partial charge >= 0.3 is 0 Å². The molecule has 6 nitrogen and oxygen atoms in total. The summed E-state index contributed by atoms with van der Waals surface area (Å²) in [6.45, 7) is 5.14. The van der Waals surface area contributed by atoms with Gasteiger partial charge in [0.2, 0.25) is 5.91 Å². The highest BCUT2D eigenvalue weighted by Gasteiger charge is 2.10. The quantitative estimate of drug-likeness (QED) is 0.561. The van der Waals surface area contributed by atoms with E-state index < -0.39 is 0 Å². The predicted octanol–water partition coefficient (Wildman–Crippen LogP) is 3.54. The van der Waals surface area contributed by atoms with E-state index in [-0.39, 0.29) is 5.91 Å². The van der Waals surface area contributed by atoms with E-state index in [0.717, 1.165) is 66.5 Å². The maximum atomic E-state index is 11.2. The zero-order chi connectivity index (χ0) is 22.2. The number of hydrogen-bond donors (Lipinski definition) is 1. The van der Waals surface area contributed by atoms with E-state index in [0.29, 0.717) is 19.4 Å². The molecule has 1 fully saturated rings. The van der Waals surface area contributed by atoms with Crippen LogP contribution < -0.4 is 10.5 Å². The van der Waals surface area contributed by atoms with Crippen LogP contribution in [0.2, 0.25) is 0 Å². The van der Waals surface area contributed by atoms with Crippen LogP contribution in [0.5, 0.6) is 5.75 Å². The lowest BCUT2D eigenvalue weighted by Crippen LogP contribution is -2.38. The molecule has 2 heterocycles. The third-order valence-corrected chi connectivity index (χ3v) is 5.67. The smallest absolute Gasteiger partial charge is 0.217 e. The topological polar surface area (TPSA) is 77.7 Å². The van der Waals surface area contributed by atoms with Gasteiger partial charge < -0.3 is 15.2 Å². The Morgan fingerprint density at radius 3 is 2.47 bits per heavy atom. The number of benzene rings is 2. The standard InChI is InChI=1S/C26H29N3O3/c27-26(30)12-8-21-3-1-2-4-24(21)25-11-7-22(19-28-25)20-5-9-23(10-6-20)32-18-15-29-13-16-31-17-14-29/h1-7,9-11,19H,8,12-18H2,(H2,27,30). The molecule has 4 rings (SSSR count). The molecule has 6 heteroatoms. The Morgan fingerprint density at radius 2 is 1.75 bits per heavy atom. The number of aryl methyl sites for hydroxylation is 1. The molecule has 0 unspecified atom stereocenters. The number of carbonyl (C=O) groups is 1. The van der Waals surface area contributed by atoms with E-state index in [1.165, 1.54) is 0 Å². The van der Waals surface area contributed by atoms with E-state index >= 15 is 0 Å². The van der Waals surface area contributed by atoms with Crippen molar-refractivity contribution in [2.45, 2.75) is 12.8 Å². The summed E-state index contributed by atoms with van der Waals surface area (Å²) in [4.78, 5) is 18.2. The van der Waals surface area contributed by atoms with Gasteiger partial charge in [-0.25, -0.2) is 0 Å². The molecular formula is C26H29N3O3. The number of morpholine rings is 1. The van der Waals surface area contributed by atoms with Crippen LogP contribution in [0.1, 0.15) is 12.0 Å². The molecule has 32 heavy (non-hydrogen) atoms. The average Bonchev–Trinajstić information content (AvgIpc) is 2.84. The average molecular weight is 432 g/mol. The number of carbonyl (C=O) groups excluding carboxylic acids is 1. The van der Waals surface area contributed by atoms with Crippen molar-refractivity contribution in [1.82, 2.24) is 9.88 Å². The highest BCUT2D eigenvalue weighted by Crippen LogP contribution is 2.27. The van der Waals surface area contributed by atoms with E-state index in [2.05, 4.69) is 28.1 Å². The lowest BCUT2D eigenvalue weighted by Gasteiger charge is -2.26. The van der Waals surface area contributed by atoms with Gasteiger partial charge in [-0.3, -0.25) is 14.7 Å². The van der Waals surface area contributed by atoms with Crippen LogP contribution in [0.25, 0.3) is 22.4 Å². The zero-order valence-electron chi connectivity index (χ0n) is 18.2. The maximum absolute atomic E-state index is 11.2. The first kappa shape index (κ1) is 22.0. The SMILES string of the molecule is NC(=O)CCc1ccccc1-c1ccc(-c2ccc(OCCN3CCOCC3)cc2)cn1. The largest absolute Gasteiger partial charge is 0.492 e. The molecule has 0 radical (unpaired) electrons. The van der Waals surface area contributed by atoms with E-state index in [1.807, 2.05) is 48.7 Å². The summed E-state index contributed by atoms with van der Waals surface area (Å²) in [5.41, 5.74) is 10.4. The second-order valence-electron chi connectivity index (χ2n) is 7.88. The Hall–Kier alpha value is -3.22. The fourth-order valence-electron chi connectivity index (χ4n) is 3.83. The number of ether oxygens (including phenoxy) is 2. The van der Waals surface area contributed by atoms with Crippen LogP contribution in [0.3, 0.4) is 0 Å². The first-order chi connectivity index (χ1) is 15.7. The number of primary amides is 1. The Kier molecular flexibility index (Phi) is 7.48. The number of nitrogens with two attached hydrogens (primary N) is 1. The van der Waals surface area contributed by atoms with Crippen LogP contribution in [0.15, 0.2) is 66.9 Å². The molecule has 1 saturated heterocycles. The van der Waals surface area contributed by atoms with Gasteiger partial charge in [0.15, 0.2) is 0 Å². The minimum atomic E-state index is -0.295. The summed E-state index contributed by atoms with van der Waals surface area (Å²) in [6.07, 6.45) is 2.83. The molecule has 1 aromatic heterocycles. The number of hydrogen-bond acceptors (Lipinski definition) is 5. The van der Waals surface area contributed by atoms with Gasteiger partial charge in [-0.05, 0) is 35.7 Å². The van der Waals surface area contributed by atoms with Crippen molar-refractivity contribution in [3.63, 3.8) is 0 Å². The lowest BCUT2D eigenvalue weighted by molar-refractivity contribution is -0.117. The number of pyridine rings is 1. The van der Waals surface area contributed by atoms with Crippen molar-refractivity contribution in [1.29, 1.82) is 0 Å². The Bertz CT molecular complexity index is 1010. The Balaban J connectivity index is 1.37. The summed E-state index contributed by atoms with van der Waals surface area (Å²) < 4.78 is 11.3. The summed E-state index contributed by atoms with van der Waals surface area (Å²) in [6, 6.07) is 20.2. The molecular weight excluding hydrogens is 402 g/mol. The molecule has 1 aliphatic heterocycles. The minimum absolute atomic E-state index is 0.295. The fourth-order valence-corrected chi connectivity index (χ4v) is 3.83. The van der Waals surface area contributed by atoms with E-state index in [1.54, 1.807) is 0 Å². The third-order valence-electron chi connectivity index (χ3n) is 5.67. The van der Waals surface area contributed by atoms with Crippen molar-refractivity contribution in [3.8, 4) is 28.1 Å². The van der Waals surface area contributed by atoms with Gasteiger partial charge in [-0.15, -0.1) is 0 Å². The number of nitrogens with zero attached hydrogens (tertiary/aromatic N) is 2. The van der Waals surface area contributed by atoms with Crippen LogP contribution in [0, 0.1) is 0 Å². The molecule has 0 atom stereocenters. The van der Waals surface area contributed by atoms with Crippen molar-refractivity contribution in [2.75, 3.05) is 39.5 Å². The molecule has 0 spiro atoms.